The Morgan fingerprint density at radius 3 is 2.81 bits per heavy atom. The number of hydrogen-bond donors (Lipinski definition) is 1. The standard InChI is InChI=1S/C22H22FN7O/c23-15-3-4-18(16(7-15)17-8-24-12-26-19(17)14-1-2-14)31-21-20(27-13-28-29-21)30-6-5-22(11-30)9-25-10-22/h3-4,7-8,12-14,25H,1-2,5-6,9-11H2. The maximum Gasteiger partial charge on any atom is 0.282 e. The van der Waals surface area contributed by atoms with Crippen molar-refractivity contribution >= 4 is 5.82 Å². The van der Waals surface area contributed by atoms with Crippen LogP contribution in [0.4, 0.5) is 10.2 Å². The molecule has 0 amide bonds. The van der Waals surface area contributed by atoms with E-state index in [4.69, 9.17) is 4.74 Å². The Hall–Kier alpha value is -3.20. The summed E-state index contributed by atoms with van der Waals surface area (Å²) in [6.45, 7) is 3.85. The first kappa shape index (κ1) is 18.6. The van der Waals surface area contributed by atoms with Gasteiger partial charge in [0.15, 0.2) is 5.82 Å². The van der Waals surface area contributed by atoms with Gasteiger partial charge in [-0.3, -0.25) is 0 Å². The van der Waals surface area contributed by atoms with Crippen molar-refractivity contribution in [2.24, 2.45) is 5.41 Å². The average molecular weight is 419 g/mol. The molecule has 1 saturated carbocycles. The van der Waals surface area contributed by atoms with Crippen molar-refractivity contribution in [2.75, 3.05) is 31.1 Å². The quantitative estimate of drug-likeness (QED) is 0.675. The van der Waals surface area contributed by atoms with Gasteiger partial charge in [-0.05, 0) is 37.5 Å². The number of nitrogens with one attached hydrogen (secondary N) is 1. The molecule has 1 N–H and O–H groups in total. The fourth-order valence-electron chi connectivity index (χ4n) is 4.56. The molecule has 0 unspecified atom stereocenters. The van der Waals surface area contributed by atoms with E-state index in [1.54, 1.807) is 18.6 Å². The van der Waals surface area contributed by atoms with Gasteiger partial charge < -0.3 is 15.0 Å². The van der Waals surface area contributed by atoms with E-state index in [2.05, 4.69) is 35.4 Å². The smallest absolute Gasteiger partial charge is 0.282 e. The van der Waals surface area contributed by atoms with Crippen LogP contribution in [0.3, 0.4) is 0 Å². The van der Waals surface area contributed by atoms with E-state index in [0.29, 0.717) is 34.3 Å². The Kier molecular flexibility index (Phi) is 4.31. The summed E-state index contributed by atoms with van der Waals surface area (Å²) in [5, 5.41) is 11.5. The van der Waals surface area contributed by atoms with Crippen molar-refractivity contribution in [3.05, 3.63) is 48.6 Å². The number of aromatic nitrogens is 5. The number of ether oxygens (including phenoxy) is 1. The molecule has 2 aliphatic heterocycles. The molecule has 2 aromatic heterocycles. The fourth-order valence-corrected chi connectivity index (χ4v) is 4.56. The predicted molar refractivity (Wildman–Crippen MR) is 111 cm³/mol. The van der Waals surface area contributed by atoms with Crippen molar-refractivity contribution in [3.63, 3.8) is 0 Å². The SMILES string of the molecule is Fc1ccc(Oc2nncnc2N2CCC3(CNC3)C2)c(-c2cncnc2C2CC2)c1. The molecule has 1 spiro atoms. The van der Waals surface area contributed by atoms with Gasteiger partial charge in [-0.2, -0.15) is 0 Å². The van der Waals surface area contributed by atoms with Crippen LogP contribution in [0.15, 0.2) is 37.1 Å². The molecule has 6 rings (SSSR count). The molecule has 1 aliphatic carbocycles. The normalized spacial score (nSPS) is 19.5. The lowest BCUT2D eigenvalue weighted by atomic mass is 9.81. The van der Waals surface area contributed by atoms with Crippen LogP contribution in [0.25, 0.3) is 11.1 Å². The summed E-state index contributed by atoms with van der Waals surface area (Å²) in [5.74, 6) is 1.52. The summed E-state index contributed by atoms with van der Waals surface area (Å²) in [6, 6.07) is 4.47. The first-order valence-electron chi connectivity index (χ1n) is 10.6. The average Bonchev–Trinajstić information content (AvgIpc) is 3.52. The first-order chi connectivity index (χ1) is 15.2. The topological polar surface area (TPSA) is 89.0 Å². The number of anilines is 1. The van der Waals surface area contributed by atoms with E-state index in [1.165, 1.54) is 18.5 Å². The summed E-state index contributed by atoms with van der Waals surface area (Å²) in [4.78, 5) is 15.3. The lowest BCUT2D eigenvalue weighted by Gasteiger charge is -2.39. The lowest BCUT2D eigenvalue weighted by Crippen LogP contribution is -2.54. The third kappa shape index (κ3) is 3.38. The second kappa shape index (κ2) is 7.19. The molecular formula is C22H22FN7O. The molecule has 2 saturated heterocycles. The molecule has 8 nitrogen and oxygen atoms in total. The van der Waals surface area contributed by atoms with Gasteiger partial charge in [0.05, 0.1) is 5.69 Å². The highest BCUT2D eigenvalue weighted by Crippen LogP contribution is 2.46. The minimum Gasteiger partial charge on any atom is -0.434 e. The number of nitrogens with zero attached hydrogens (tertiary/aromatic N) is 6. The van der Waals surface area contributed by atoms with Gasteiger partial charge in [-0.1, -0.05) is 0 Å². The number of benzene rings is 1. The predicted octanol–water partition coefficient (Wildman–Crippen LogP) is 2.94. The molecule has 1 aromatic carbocycles. The van der Waals surface area contributed by atoms with E-state index < -0.39 is 0 Å². The largest absolute Gasteiger partial charge is 0.434 e. The highest BCUT2D eigenvalue weighted by Gasteiger charge is 2.44. The van der Waals surface area contributed by atoms with Crippen LogP contribution in [-0.4, -0.2) is 51.3 Å². The van der Waals surface area contributed by atoms with Gasteiger partial charge in [0.1, 0.15) is 24.2 Å². The van der Waals surface area contributed by atoms with Crippen LogP contribution in [0, 0.1) is 11.2 Å². The second-order valence-corrected chi connectivity index (χ2v) is 8.70. The van der Waals surface area contributed by atoms with E-state index in [0.717, 1.165) is 56.7 Å². The van der Waals surface area contributed by atoms with Crippen molar-refractivity contribution in [1.82, 2.24) is 30.5 Å². The third-order valence-electron chi connectivity index (χ3n) is 6.45. The Bertz CT molecular complexity index is 1130. The molecule has 0 atom stereocenters. The fraction of sp³-hybridized carbons (Fsp3) is 0.409. The molecule has 0 bridgehead atoms. The van der Waals surface area contributed by atoms with Crippen LogP contribution in [-0.2, 0) is 0 Å². The van der Waals surface area contributed by atoms with Gasteiger partial charge in [-0.25, -0.2) is 19.3 Å². The van der Waals surface area contributed by atoms with Crippen LogP contribution in [0.2, 0.25) is 0 Å². The van der Waals surface area contributed by atoms with Gasteiger partial charge in [0.25, 0.3) is 5.88 Å². The zero-order valence-corrected chi connectivity index (χ0v) is 17.0. The lowest BCUT2D eigenvalue weighted by molar-refractivity contribution is 0.199. The van der Waals surface area contributed by atoms with Crippen LogP contribution >= 0.6 is 0 Å². The van der Waals surface area contributed by atoms with Crippen LogP contribution in [0.5, 0.6) is 11.6 Å². The van der Waals surface area contributed by atoms with Crippen molar-refractivity contribution in [1.29, 1.82) is 0 Å². The van der Waals surface area contributed by atoms with Crippen molar-refractivity contribution in [3.8, 4) is 22.8 Å². The summed E-state index contributed by atoms with van der Waals surface area (Å²) in [5.41, 5.74) is 2.64. The maximum absolute atomic E-state index is 14.2. The van der Waals surface area contributed by atoms with Gasteiger partial charge >= 0.3 is 0 Å². The number of halogens is 1. The van der Waals surface area contributed by atoms with Crippen LogP contribution < -0.4 is 15.0 Å². The minimum absolute atomic E-state index is 0.309. The summed E-state index contributed by atoms with van der Waals surface area (Å²) in [6.07, 6.45) is 7.98. The van der Waals surface area contributed by atoms with E-state index in [-0.39, 0.29) is 5.82 Å². The van der Waals surface area contributed by atoms with Crippen LogP contribution in [0.1, 0.15) is 30.9 Å². The molecule has 4 heterocycles. The second-order valence-electron chi connectivity index (χ2n) is 8.70. The molecule has 3 aromatic rings. The Labute approximate surface area is 178 Å². The van der Waals surface area contributed by atoms with Crippen molar-refractivity contribution < 1.29 is 9.13 Å². The molecular weight excluding hydrogens is 397 g/mol. The van der Waals surface area contributed by atoms with E-state index in [9.17, 15) is 4.39 Å². The minimum atomic E-state index is -0.343. The zero-order chi connectivity index (χ0) is 20.8. The van der Waals surface area contributed by atoms with E-state index >= 15 is 0 Å². The molecule has 3 fully saturated rings. The highest BCUT2D eigenvalue weighted by atomic mass is 19.1. The third-order valence-corrected chi connectivity index (χ3v) is 6.45. The Morgan fingerprint density at radius 1 is 1.13 bits per heavy atom. The number of rotatable bonds is 5. The highest BCUT2D eigenvalue weighted by molar-refractivity contribution is 5.73. The maximum atomic E-state index is 14.2. The summed E-state index contributed by atoms with van der Waals surface area (Å²) in [7, 11) is 0. The molecule has 0 radical (unpaired) electrons. The van der Waals surface area contributed by atoms with Gasteiger partial charge in [-0.15, -0.1) is 10.2 Å². The summed E-state index contributed by atoms with van der Waals surface area (Å²) >= 11 is 0. The Balaban J connectivity index is 1.36. The first-order valence-corrected chi connectivity index (χ1v) is 10.6. The molecule has 9 heteroatoms. The summed E-state index contributed by atoms with van der Waals surface area (Å²) < 4.78 is 20.4. The monoisotopic (exact) mass is 419 g/mol. The Morgan fingerprint density at radius 2 is 2.03 bits per heavy atom. The van der Waals surface area contributed by atoms with Gasteiger partial charge in [0, 0.05) is 54.8 Å². The molecule has 3 aliphatic rings. The van der Waals surface area contributed by atoms with Gasteiger partial charge in [0.2, 0.25) is 0 Å². The molecule has 31 heavy (non-hydrogen) atoms. The van der Waals surface area contributed by atoms with E-state index in [1.807, 2.05) is 0 Å². The molecule has 158 valence electrons. The number of hydrogen-bond acceptors (Lipinski definition) is 8. The van der Waals surface area contributed by atoms with Crippen molar-refractivity contribution in [2.45, 2.75) is 25.2 Å². The zero-order valence-electron chi connectivity index (χ0n) is 17.0.